The van der Waals surface area contributed by atoms with Crippen molar-refractivity contribution < 1.29 is 9.59 Å². The minimum atomic E-state index is -0.0357. The first kappa shape index (κ1) is 7.50. The first-order valence-corrected chi connectivity index (χ1v) is 4.46. The van der Waals surface area contributed by atoms with E-state index in [0.29, 0.717) is 17.7 Å². The molecule has 1 aromatic rings. The summed E-state index contributed by atoms with van der Waals surface area (Å²) in [5, 5.41) is 0. The van der Waals surface area contributed by atoms with E-state index in [-0.39, 0.29) is 11.7 Å². The smallest absolute Gasteiger partial charge is 0.235 e. The number of nitrogens with zero attached hydrogens (tertiary/aromatic N) is 1. The normalized spacial score (nSPS) is 18.3. The van der Waals surface area contributed by atoms with Crippen molar-refractivity contribution in [1.82, 2.24) is 0 Å². The van der Waals surface area contributed by atoms with E-state index in [1.165, 1.54) is 4.90 Å². The van der Waals surface area contributed by atoms with Crippen LogP contribution in [0.15, 0.2) is 36.0 Å². The van der Waals surface area contributed by atoms with Crippen molar-refractivity contribution in [1.29, 1.82) is 0 Å². The quantitative estimate of drug-likeness (QED) is 0.614. The molecule has 0 atom stereocenters. The number of allylic oxidation sites excluding steroid dienone is 1. The van der Waals surface area contributed by atoms with Crippen LogP contribution in [-0.4, -0.2) is 11.7 Å². The van der Waals surface area contributed by atoms with Crippen LogP contribution in [0.4, 0.5) is 5.69 Å². The highest BCUT2D eigenvalue weighted by atomic mass is 16.2. The molecule has 0 spiro atoms. The monoisotopic (exact) mass is 185 g/mol. The molecule has 0 N–H and O–H groups in total. The minimum Gasteiger partial charge on any atom is -0.287 e. The number of benzene rings is 1. The number of fused-ring (bicyclic) bond motifs is 3. The highest BCUT2D eigenvalue weighted by molar-refractivity contribution is 6.27. The van der Waals surface area contributed by atoms with Crippen molar-refractivity contribution in [2.75, 3.05) is 4.90 Å². The molecule has 2 aliphatic heterocycles. The second-order valence-corrected chi connectivity index (χ2v) is 3.37. The van der Waals surface area contributed by atoms with Crippen LogP contribution in [-0.2, 0) is 4.79 Å². The van der Waals surface area contributed by atoms with Gasteiger partial charge in [0.05, 0.1) is 11.4 Å². The van der Waals surface area contributed by atoms with Crippen LogP contribution >= 0.6 is 0 Å². The van der Waals surface area contributed by atoms with Gasteiger partial charge in [-0.15, -0.1) is 0 Å². The number of amides is 1. The lowest BCUT2D eigenvalue weighted by Gasteiger charge is -2.11. The van der Waals surface area contributed by atoms with Crippen LogP contribution in [0.1, 0.15) is 16.8 Å². The summed E-state index contributed by atoms with van der Waals surface area (Å²) in [6, 6.07) is 7.20. The summed E-state index contributed by atoms with van der Waals surface area (Å²) in [5.74, 6) is -0.0512. The molecule has 3 rings (SSSR count). The van der Waals surface area contributed by atoms with Crippen LogP contribution in [0.3, 0.4) is 0 Å². The van der Waals surface area contributed by atoms with Crippen LogP contribution in [0, 0.1) is 0 Å². The van der Waals surface area contributed by atoms with Gasteiger partial charge in [-0.2, -0.15) is 0 Å². The van der Waals surface area contributed by atoms with Gasteiger partial charge < -0.3 is 0 Å². The molecule has 0 unspecified atom stereocenters. The summed E-state index contributed by atoms with van der Waals surface area (Å²) in [5.41, 5.74) is 1.88. The molecule has 68 valence electrons. The first-order chi connectivity index (χ1) is 6.79. The molecule has 0 aliphatic carbocycles. The predicted octanol–water partition coefficient (Wildman–Crippen LogP) is 1.50. The summed E-state index contributed by atoms with van der Waals surface area (Å²) in [7, 11) is 0. The van der Waals surface area contributed by atoms with Gasteiger partial charge in [-0.25, -0.2) is 0 Å². The van der Waals surface area contributed by atoms with Crippen LogP contribution in [0.2, 0.25) is 0 Å². The van der Waals surface area contributed by atoms with Crippen LogP contribution in [0.5, 0.6) is 0 Å². The third-order valence-electron chi connectivity index (χ3n) is 2.58. The maximum Gasteiger partial charge on any atom is 0.235 e. The second-order valence-electron chi connectivity index (χ2n) is 3.37. The molecular formula is C11H7NO2. The number of Topliss-reactive ketones (excluding diaryl/α,β-unsaturated/α-hetero) is 1. The fourth-order valence-corrected chi connectivity index (χ4v) is 1.96. The molecule has 14 heavy (non-hydrogen) atoms. The Balaban J connectivity index is 2.29. The number of hydrogen-bond acceptors (Lipinski definition) is 2. The zero-order valence-corrected chi connectivity index (χ0v) is 7.36. The Morgan fingerprint density at radius 2 is 1.93 bits per heavy atom. The van der Waals surface area contributed by atoms with Crippen molar-refractivity contribution in [3.63, 3.8) is 0 Å². The lowest BCUT2D eigenvalue weighted by molar-refractivity contribution is -0.116. The largest absolute Gasteiger partial charge is 0.287 e. The maximum atomic E-state index is 11.8. The Labute approximate surface area is 80.6 Å². The Hall–Kier alpha value is -1.90. The van der Waals surface area contributed by atoms with Gasteiger partial charge in [-0.1, -0.05) is 12.1 Å². The molecule has 0 bridgehead atoms. The van der Waals surface area contributed by atoms with E-state index in [1.54, 1.807) is 18.2 Å². The zero-order chi connectivity index (χ0) is 9.71. The molecule has 0 radical (unpaired) electrons. The van der Waals surface area contributed by atoms with Gasteiger partial charge in [-0.3, -0.25) is 14.5 Å². The maximum absolute atomic E-state index is 11.8. The topological polar surface area (TPSA) is 37.4 Å². The van der Waals surface area contributed by atoms with Crippen molar-refractivity contribution >= 4 is 17.4 Å². The third kappa shape index (κ3) is 0.719. The van der Waals surface area contributed by atoms with E-state index in [0.717, 1.165) is 5.69 Å². The van der Waals surface area contributed by atoms with Gasteiger partial charge in [0.2, 0.25) is 11.7 Å². The zero-order valence-electron chi connectivity index (χ0n) is 7.36. The summed E-state index contributed by atoms with van der Waals surface area (Å²) in [6.07, 6.45) is 2.04. The molecule has 3 nitrogen and oxygen atoms in total. The van der Waals surface area contributed by atoms with Crippen LogP contribution in [0.25, 0.3) is 0 Å². The predicted molar refractivity (Wildman–Crippen MR) is 51.0 cm³/mol. The molecule has 1 aromatic carbocycles. The average molecular weight is 185 g/mol. The molecule has 0 saturated carbocycles. The summed E-state index contributed by atoms with van der Waals surface area (Å²) < 4.78 is 0. The third-order valence-corrected chi connectivity index (χ3v) is 2.58. The average Bonchev–Trinajstić information content (AvgIpc) is 2.70. The minimum absolute atomic E-state index is 0.0155. The van der Waals surface area contributed by atoms with Crippen LogP contribution < -0.4 is 4.90 Å². The molecule has 2 aliphatic rings. The summed E-state index contributed by atoms with van der Waals surface area (Å²) >= 11 is 0. The lowest BCUT2D eigenvalue weighted by Crippen LogP contribution is -2.22. The van der Waals surface area contributed by atoms with Crippen molar-refractivity contribution in [2.24, 2.45) is 0 Å². The Morgan fingerprint density at radius 1 is 1.14 bits per heavy atom. The highest BCUT2D eigenvalue weighted by Crippen LogP contribution is 2.37. The molecule has 2 heterocycles. The molecule has 0 aromatic heterocycles. The van der Waals surface area contributed by atoms with Crippen molar-refractivity contribution in [2.45, 2.75) is 6.42 Å². The van der Waals surface area contributed by atoms with Gasteiger partial charge in [-0.05, 0) is 18.2 Å². The van der Waals surface area contributed by atoms with Crippen molar-refractivity contribution in [3.05, 3.63) is 41.6 Å². The highest BCUT2D eigenvalue weighted by Gasteiger charge is 2.38. The van der Waals surface area contributed by atoms with E-state index >= 15 is 0 Å². The molecule has 0 saturated heterocycles. The fraction of sp³-hybridized carbons (Fsp3) is 0.0909. The number of carbonyl (C=O) groups is 2. The van der Waals surface area contributed by atoms with Gasteiger partial charge in [0.15, 0.2) is 0 Å². The standard InChI is InChI=1S/C11H7NO2/c13-10-6-5-9-11(14)7-3-1-2-4-8(7)12(9)10/h1-5H,6H2. The van der Waals surface area contributed by atoms with Crippen molar-refractivity contribution in [3.8, 4) is 0 Å². The number of carbonyl (C=O) groups excluding carboxylic acids is 2. The van der Waals surface area contributed by atoms with Gasteiger partial charge >= 0.3 is 0 Å². The number of hydrogen-bond donors (Lipinski definition) is 0. The SMILES string of the molecule is O=C1C2=CCC(=O)N2c2ccccc21. The number of anilines is 1. The van der Waals surface area contributed by atoms with Gasteiger partial charge in [0.25, 0.3) is 0 Å². The molecule has 1 amide bonds. The number of para-hydroxylation sites is 1. The molecule has 0 fully saturated rings. The van der Waals surface area contributed by atoms with E-state index in [1.807, 2.05) is 12.1 Å². The Kier molecular flexibility index (Phi) is 1.24. The number of ketones is 1. The van der Waals surface area contributed by atoms with Gasteiger partial charge in [0, 0.05) is 12.0 Å². The fourth-order valence-electron chi connectivity index (χ4n) is 1.96. The van der Waals surface area contributed by atoms with Gasteiger partial charge in [0.1, 0.15) is 0 Å². The molecular weight excluding hydrogens is 178 g/mol. The van der Waals surface area contributed by atoms with E-state index in [2.05, 4.69) is 0 Å². The van der Waals surface area contributed by atoms with E-state index in [4.69, 9.17) is 0 Å². The molecule has 3 heteroatoms. The number of rotatable bonds is 0. The second kappa shape index (κ2) is 2.32. The summed E-state index contributed by atoms with van der Waals surface area (Å²) in [6.45, 7) is 0. The van der Waals surface area contributed by atoms with E-state index in [9.17, 15) is 9.59 Å². The Morgan fingerprint density at radius 3 is 2.79 bits per heavy atom. The summed E-state index contributed by atoms with van der Waals surface area (Å²) in [4.78, 5) is 24.8. The Bertz CT molecular complexity index is 488. The van der Waals surface area contributed by atoms with E-state index < -0.39 is 0 Å². The lowest BCUT2D eigenvalue weighted by atomic mass is 10.1. The first-order valence-electron chi connectivity index (χ1n) is 4.46.